The number of benzene rings is 2. The molecule has 1 aliphatic heterocycles. The Morgan fingerprint density at radius 3 is 2.29 bits per heavy atom. The summed E-state index contributed by atoms with van der Waals surface area (Å²) in [6.07, 6.45) is 3.34. The third kappa shape index (κ3) is 4.28. The molecular weight excluding hydrogens is 444 g/mol. The molecule has 1 heterocycles. The minimum absolute atomic E-state index is 0.0657. The molecule has 2 fully saturated rings. The van der Waals surface area contributed by atoms with Gasteiger partial charge in [-0.25, -0.2) is 9.59 Å². The van der Waals surface area contributed by atoms with Crippen molar-refractivity contribution in [3.05, 3.63) is 59.7 Å². The number of hydrogen-bond donors (Lipinski definition) is 2. The van der Waals surface area contributed by atoms with Crippen molar-refractivity contribution in [3.63, 3.8) is 0 Å². The highest BCUT2D eigenvalue weighted by Crippen LogP contribution is 2.44. The fourth-order valence-electron chi connectivity index (χ4n) is 5.82. The Labute approximate surface area is 205 Å². The van der Waals surface area contributed by atoms with Crippen molar-refractivity contribution in [1.82, 2.24) is 10.2 Å². The Kier molecular flexibility index (Phi) is 6.26. The highest BCUT2D eigenvalue weighted by Gasteiger charge is 2.50. The fraction of sp³-hybridized carbons (Fsp3) is 0.464. The second kappa shape index (κ2) is 9.36. The number of aliphatic carboxylic acids is 1. The van der Waals surface area contributed by atoms with Gasteiger partial charge in [0.15, 0.2) is 0 Å². The van der Waals surface area contributed by atoms with Gasteiger partial charge < -0.3 is 20.1 Å². The molecule has 2 aliphatic carbocycles. The second-order valence-electron chi connectivity index (χ2n) is 9.99. The van der Waals surface area contributed by atoms with Crippen molar-refractivity contribution in [2.24, 2.45) is 5.92 Å². The molecule has 5 rings (SSSR count). The lowest BCUT2D eigenvalue weighted by atomic mass is 9.92. The summed E-state index contributed by atoms with van der Waals surface area (Å²) in [7, 11) is 0. The Morgan fingerprint density at radius 1 is 1.09 bits per heavy atom. The van der Waals surface area contributed by atoms with E-state index in [1.807, 2.05) is 24.3 Å². The maximum atomic E-state index is 13.5. The molecule has 2 amide bonds. The third-order valence-corrected chi connectivity index (χ3v) is 7.94. The van der Waals surface area contributed by atoms with Crippen LogP contribution < -0.4 is 5.32 Å². The van der Waals surface area contributed by atoms with Crippen LogP contribution in [0.3, 0.4) is 0 Å². The van der Waals surface area contributed by atoms with Gasteiger partial charge in [-0.05, 0) is 53.9 Å². The number of carboxylic acids is 1. The molecule has 2 N–H and O–H groups in total. The monoisotopic (exact) mass is 476 g/mol. The minimum atomic E-state index is -1.19. The summed E-state index contributed by atoms with van der Waals surface area (Å²) >= 11 is 0. The lowest BCUT2D eigenvalue weighted by Gasteiger charge is -2.36. The average Bonchev–Trinajstić information content (AvgIpc) is 3.48. The first-order chi connectivity index (χ1) is 16.9. The summed E-state index contributed by atoms with van der Waals surface area (Å²) in [5.74, 6) is -0.977. The molecule has 7 heteroatoms. The van der Waals surface area contributed by atoms with E-state index in [0.29, 0.717) is 38.1 Å². The molecule has 2 aromatic carbocycles. The van der Waals surface area contributed by atoms with Crippen LogP contribution in [0, 0.1) is 5.92 Å². The smallest absolute Gasteiger partial charge is 0.407 e. The van der Waals surface area contributed by atoms with E-state index in [1.54, 1.807) is 6.92 Å². The first-order valence-corrected chi connectivity index (χ1v) is 12.6. The first kappa shape index (κ1) is 23.4. The molecule has 2 aromatic rings. The van der Waals surface area contributed by atoms with E-state index in [9.17, 15) is 19.5 Å². The molecule has 2 atom stereocenters. The van der Waals surface area contributed by atoms with Crippen LogP contribution >= 0.6 is 0 Å². The molecule has 0 bridgehead atoms. The number of ether oxygens (including phenoxy) is 1. The van der Waals surface area contributed by atoms with Gasteiger partial charge in [0.25, 0.3) is 0 Å². The minimum Gasteiger partial charge on any atom is -0.479 e. The van der Waals surface area contributed by atoms with Gasteiger partial charge in [0, 0.05) is 12.5 Å². The van der Waals surface area contributed by atoms with Crippen LogP contribution in [0.5, 0.6) is 0 Å². The topological polar surface area (TPSA) is 95.9 Å². The van der Waals surface area contributed by atoms with E-state index in [2.05, 4.69) is 29.6 Å². The Morgan fingerprint density at radius 2 is 1.71 bits per heavy atom. The zero-order valence-corrected chi connectivity index (χ0v) is 20.0. The van der Waals surface area contributed by atoms with Gasteiger partial charge in [-0.3, -0.25) is 4.79 Å². The summed E-state index contributed by atoms with van der Waals surface area (Å²) < 4.78 is 5.67. The molecular formula is C28H32N2O5. The van der Waals surface area contributed by atoms with Gasteiger partial charge in [0.2, 0.25) is 5.91 Å². The summed E-state index contributed by atoms with van der Waals surface area (Å²) in [6.45, 7) is 2.36. The van der Waals surface area contributed by atoms with Crippen molar-refractivity contribution in [1.29, 1.82) is 0 Å². The lowest BCUT2D eigenvalue weighted by Crippen LogP contribution is -2.58. The Balaban J connectivity index is 1.29. The number of rotatable bonds is 8. The van der Waals surface area contributed by atoms with Gasteiger partial charge in [0.05, 0.1) is 0 Å². The molecule has 0 spiro atoms. The number of nitrogens with zero attached hydrogens (tertiary/aromatic N) is 1. The van der Waals surface area contributed by atoms with Crippen LogP contribution in [-0.2, 0) is 14.3 Å². The molecule has 35 heavy (non-hydrogen) atoms. The third-order valence-electron chi connectivity index (χ3n) is 7.94. The molecule has 7 nitrogen and oxygen atoms in total. The van der Waals surface area contributed by atoms with E-state index >= 15 is 0 Å². The van der Waals surface area contributed by atoms with E-state index in [1.165, 1.54) is 4.90 Å². The number of hydrogen-bond acceptors (Lipinski definition) is 4. The number of amides is 2. The van der Waals surface area contributed by atoms with Crippen LogP contribution in [0.15, 0.2) is 48.5 Å². The van der Waals surface area contributed by atoms with Gasteiger partial charge in [-0.15, -0.1) is 0 Å². The maximum absolute atomic E-state index is 13.5. The standard InChI is InChI=1S/C28H32N2O5/c1-2-28(26(32)33)14-7-15-30(28)25(31)24(16-18-12-13-18)29-27(34)35-17-23-21-10-5-3-8-19(21)20-9-4-6-11-22(20)23/h3-6,8-11,18,23-24H,2,7,12-17H2,1H3,(H,29,34)(H,32,33). The molecule has 0 aromatic heterocycles. The van der Waals surface area contributed by atoms with Gasteiger partial charge in [-0.2, -0.15) is 0 Å². The summed E-state index contributed by atoms with van der Waals surface area (Å²) in [5.41, 5.74) is 3.36. The SMILES string of the molecule is CCC1(C(=O)O)CCCN1C(=O)C(CC1CC1)NC(=O)OCC1c2ccccc2-c2ccccc21. The highest BCUT2D eigenvalue weighted by atomic mass is 16.5. The molecule has 2 unspecified atom stereocenters. The van der Waals surface area contributed by atoms with E-state index < -0.39 is 23.6 Å². The largest absolute Gasteiger partial charge is 0.479 e. The molecule has 184 valence electrons. The predicted molar refractivity (Wildman–Crippen MR) is 131 cm³/mol. The number of carbonyl (C=O) groups is 3. The first-order valence-electron chi connectivity index (χ1n) is 12.6. The van der Waals surface area contributed by atoms with Gasteiger partial charge in [-0.1, -0.05) is 68.3 Å². The van der Waals surface area contributed by atoms with E-state index in [0.717, 1.165) is 35.1 Å². The van der Waals surface area contributed by atoms with Crippen LogP contribution in [0.1, 0.15) is 62.5 Å². The van der Waals surface area contributed by atoms with Crippen LogP contribution in [-0.4, -0.2) is 52.7 Å². The normalized spacial score (nSPS) is 21.8. The van der Waals surface area contributed by atoms with Crippen LogP contribution in [0.4, 0.5) is 4.79 Å². The van der Waals surface area contributed by atoms with E-state index in [-0.39, 0.29) is 18.4 Å². The number of alkyl carbamates (subject to hydrolysis) is 1. The van der Waals surface area contributed by atoms with Crippen LogP contribution in [0.25, 0.3) is 11.1 Å². The van der Waals surface area contributed by atoms with Crippen molar-refractivity contribution in [2.45, 2.75) is 62.9 Å². The number of fused-ring (bicyclic) bond motifs is 3. The number of carboxylic acid groups (broad SMARTS) is 1. The van der Waals surface area contributed by atoms with Gasteiger partial charge in [0.1, 0.15) is 18.2 Å². The molecule has 0 radical (unpaired) electrons. The quantitative estimate of drug-likeness (QED) is 0.583. The summed E-state index contributed by atoms with van der Waals surface area (Å²) in [4.78, 5) is 40.0. The number of carbonyl (C=O) groups excluding carboxylic acids is 2. The van der Waals surface area contributed by atoms with E-state index in [4.69, 9.17) is 4.74 Å². The van der Waals surface area contributed by atoms with Crippen LogP contribution in [0.2, 0.25) is 0 Å². The average molecular weight is 477 g/mol. The predicted octanol–water partition coefficient (Wildman–Crippen LogP) is 4.55. The summed E-state index contributed by atoms with van der Waals surface area (Å²) in [5, 5.41) is 12.7. The fourth-order valence-corrected chi connectivity index (χ4v) is 5.82. The second-order valence-corrected chi connectivity index (χ2v) is 9.99. The van der Waals surface area contributed by atoms with Crippen molar-refractivity contribution < 1.29 is 24.2 Å². The van der Waals surface area contributed by atoms with Crippen molar-refractivity contribution >= 4 is 18.0 Å². The maximum Gasteiger partial charge on any atom is 0.407 e. The van der Waals surface area contributed by atoms with Crippen molar-refractivity contribution in [2.75, 3.05) is 13.2 Å². The molecule has 1 saturated carbocycles. The van der Waals surface area contributed by atoms with Gasteiger partial charge >= 0.3 is 12.1 Å². The Hall–Kier alpha value is -3.35. The lowest BCUT2D eigenvalue weighted by molar-refractivity contribution is -0.157. The number of likely N-dealkylation sites (tertiary alicyclic amines) is 1. The number of nitrogens with one attached hydrogen (secondary N) is 1. The zero-order chi connectivity index (χ0) is 24.6. The zero-order valence-electron chi connectivity index (χ0n) is 20.0. The molecule has 3 aliphatic rings. The molecule has 1 saturated heterocycles. The highest BCUT2D eigenvalue weighted by molar-refractivity contribution is 5.92. The summed E-state index contributed by atoms with van der Waals surface area (Å²) in [6, 6.07) is 15.5. The Bertz CT molecular complexity index is 1100. The van der Waals surface area contributed by atoms with Crippen molar-refractivity contribution in [3.8, 4) is 11.1 Å².